The van der Waals surface area contributed by atoms with Crippen molar-refractivity contribution in [1.29, 1.82) is 0 Å². The van der Waals surface area contributed by atoms with E-state index in [1.54, 1.807) is 0 Å². The minimum Gasteiger partial charge on any atom is -0.305 e. The van der Waals surface area contributed by atoms with Crippen LogP contribution in [0.4, 0.5) is 0 Å². The van der Waals surface area contributed by atoms with Gasteiger partial charge >= 0.3 is 0 Å². The van der Waals surface area contributed by atoms with E-state index in [4.69, 9.17) is 0 Å². The van der Waals surface area contributed by atoms with Crippen molar-refractivity contribution in [2.24, 2.45) is 0 Å². The average Bonchev–Trinajstić information content (AvgIpc) is 2.93. The van der Waals surface area contributed by atoms with E-state index in [0.717, 1.165) is 19.6 Å². The van der Waals surface area contributed by atoms with Gasteiger partial charge < -0.3 is 4.90 Å². The Kier molecular flexibility index (Phi) is 4.37. The Labute approximate surface area is 128 Å². The maximum absolute atomic E-state index is 2.58. The Hall–Kier alpha value is -1.64. The third-order valence-corrected chi connectivity index (χ3v) is 4.50. The van der Waals surface area contributed by atoms with Crippen molar-refractivity contribution in [3.63, 3.8) is 0 Å². The molecular formula is C19H24N2. The van der Waals surface area contributed by atoms with Crippen molar-refractivity contribution >= 4 is 0 Å². The molecular weight excluding hydrogens is 256 g/mol. The molecule has 2 nitrogen and oxygen atoms in total. The van der Waals surface area contributed by atoms with Crippen LogP contribution in [0.1, 0.15) is 17.0 Å². The van der Waals surface area contributed by atoms with Crippen LogP contribution < -0.4 is 0 Å². The lowest BCUT2D eigenvalue weighted by molar-refractivity contribution is 0.260. The topological polar surface area (TPSA) is 6.48 Å². The largest absolute Gasteiger partial charge is 0.305 e. The van der Waals surface area contributed by atoms with Crippen LogP contribution in [0.5, 0.6) is 0 Å². The van der Waals surface area contributed by atoms with Crippen LogP contribution in [0.3, 0.4) is 0 Å². The summed E-state index contributed by atoms with van der Waals surface area (Å²) >= 11 is 0. The van der Waals surface area contributed by atoms with E-state index in [-0.39, 0.29) is 0 Å². The Morgan fingerprint density at radius 3 is 2.14 bits per heavy atom. The number of hydrogen-bond acceptors (Lipinski definition) is 2. The number of hydrogen-bond donors (Lipinski definition) is 0. The molecule has 0 spiro atoms. The van der Waals surface area contributed by atoms with Gasteiger partial charge in [-0.3, -0.25) is 4.90 Å². The van der Waals surface area contributed by atoms with Gasteiger partial charge in [-0.25, -0.2) is 0 Å². The molecule has 2 heteroatoms. The summed E-state index contributed by atoms with van der Waals surface area (Å²) in [5, 5.41) is 0. The highest BCUT2D eigenvalue weighted by Crippen LogP contribution is 2.30. The van der Waals surface area contributed by atoms with Gasteiger partial charge in [0, 0.05) is 31.6 Å². The summed E-state index contributed by atoms with van der Waals surface area (Å²) in [5.41, 5.74) is 2.87. The highest BCUT2D eigenvalue weighted by Gasteiger charge is 2.34. The minimum absolute atomic E-state index is 0.594. The van der Waals surface area contributed by atoms with E-state index in [2.05, 4.69) is 84.6 Å². The van der Waals surface area contributed by atoms with Crippen molar-refractivity contribution in [2.45, 2.75) is 18.5 Å². The molecule has 0 N–H and O–H groups in total. The van der Waals surface area contributed by atoms with Gasteiger partial charge in [-0.15, -0.1) is 0 Å². The summed E-state index contributed by atoms with van der Waals surface area (Å²) in [6, 6.07) is 22.3. The van der Waals surface area contributed by atoms with Gasteiger partial charge in [0.25, 0.3) is 0 Å². The third kappa shape index (κ3) is 3.34. The smallest absolute Gasteiger partial charge is 0.0298 e. The standard InChI is InChI=1S/C19H24N2/c1-20(2)19-15-21(13-16-9-5-3-6-10-16)14-18(19)17-11-7-4-8-12-17/h3-12,18-19H,13-15H2,1-2H3/t18-,19+/m0/s1. The van der Waals surface area contributed by atoms with E-state index < -0.39 is 0 Å². The number of likely N-dealkylation sites (N-methyl/N-ethyl adjacent to an activating group) is 1. The van der Waals surface area contributed by atoms with Gasteiger partial charge in [0.1, 0.15) is 0 Å². The van der Waals surface area contributed by atoms with Crippen LogP contribution in [0.25, 0.3) is 0 Å². The van der Waals surface area contributed by atoms with Crippen molar-refractivity contribution < 1.29 is 0 Å². The van der Waals surface area contributed by atoms with Crippen molar-refractivity contribution in [3.05, 3.63) is 71.8 Å². The zero-order valence-electron chi connectivity index (χ0n) is 12.9. The summed E-state index contributed by atoms with van der Waals surface area (Å²) in [7, 11) is 4.40. The van der Waals surface area contributed by atoms with Gasteiger partial charge in [0.05, 0.1) is 0 Å². The lowest BCUT2D eigenvalue weighted by Crippen LogP contribution is -2.34. The molecule has 0 unspecified atom stereocenters. The zero-order valence-corrected chi connectivity index (χ0v) is 12.9. The minimum atomic E-state index is 0.594. The molecule has 2 aromatic rings. The Bertz CT molecular complexity index is 550. The van der Waals surface area contributed by atoms with Gasteiger partial charge in [-0.05, 0) is 25.2 Å². The van der Waals surface area contributed by atoms with Crippen LogP contribution in [-0.2, 0) is 6.54 Å². The maximum Gasteiger partial charge on any atom is 0.0298 e. The number of nitrogens with zero attached hydrogens (tertiary/aromatic N) is 2. The number of likely N-dealkylation sites (tertiary alicyclic amines) is 1. The maximum atomic E-state index is 2.58. The van der Waals surface area contributed by atoms with Crippen LogP contribution >= 0.6 is 0 Å². The quantitative estimate of drug-likeness (QED) is 0.848. The van der Waals surface area contributed by atoms with Crippen LogP contribution in [0.2, 0.25) is 0 Å². The average molecular weight is 280 g/mol. The summed E-state index contributed by atoms with van der Waals surface area (Å²) in [6.45, 7) is 3.33. The molecule has 0 radical (unpaired) electrons. The summed E-state index contributed by atoms with van der Waals surface area (Å²) in [4.78, 5) is 4.96. The predicted octanol–water partition coefficient (Wildman–Crippen LogP) is 3.22. The molecule has 1 fully saturated rings. The lowest BCUT2D eigenvalue weighted by atomic mass is 9.94. The third-order valence-electron chi connectivity index (χ3n) is 4.50. The fraction of sp³-hybridized carbons (Fsp3) is 0.368. The number of rotatable bonds is 4. The molecule has 2 aromatic carbocycles. The molecule has 3 rings (SSSR count). The first-order valence-corrected chi connectivity index (χ1v) is 7.71. The molecule has 1 aliphatic rings. The first-order chi connectivity index (χ1) is 10.2. The second-order valence-corrected chi connectivity index (χ2v) is 6.23. The van der Waals surface area contributed by atoms with E-state index in [1.807, 2.05) is 0 Å². The van der Waals surface area contributed by atoms with Crippen molar-refractivity contribution in [3.8, 4) is 0 Å². The molecule has 21 heavy (non-hydrogen) atoms. The molecule has 0 amide bonds. The van der Waals surface area contributed by atoms with E-state index in [1.165, 1.54) is 11.1 Å². The SMILES string of the molecule is CN(C)[C@@H]1CN(Cc2ccccc2)C[C@H]1c1ccccc1. The van der Waals surface area contributed by atoms with Crippen LogP contribution in [0.15, 0.2) is 60.7 Å². The molecule has 0 aliphatic carbocycles. The van der Waals surface area contributed by atoms with Gasteiger partial charge in [0.15, 0.2) is 0 Å². The molecule has 1 heterocycles. The monoisotopic (exact) mass is 280 g/mol. The highest BCUT2D eigenvalue weighted by molar-refractivity contribution is 5.24. The summed E-state index contributed by atoms with van der Waals surface area (Å²) < 4.78 is 0. The normalized spacial score (nSPS) is 22.8. The molecule has 0 bridgehead atoms. The predicted molar refractivity (Wildman–Crippen MR) is 88.4 cm³/mol. The van der Waals surface area contributed by atoms with E-state index in [0.29, 0.717) is 12.0 Å². The van der Waals surface area contributed by atoms with Gasteiger partial charge in [-0.1, -0.05) is 60.7 Å². The molecule has 1 aliphatic heterocycles. The summed E-state index contributed by atoms with van der Waals surface area (Å²) in [6.07, 6.45) is 0. The van der Waals surface area contributed by atoms with E-state index >= 15 is 0 Å². The van der Waals surface area contributed by atoms with Gasteiger partial charge in [-0.2, -0.15) is 0 Å². The Morgan fingerprint density at radius 1 is 0.905 bits per heavy atom. The van der Waals surface area contributed by atoms with Crippen molar-refractivity contribution in [2.75, 3.05) is 27.2 Å². The van der Waals surface area contributed by atoms with Crippen LogP contribution in [0, 0.1) is 0 Å². The first-order valence-electron chi connectivity index (χ1n) is 7.71. The fourth-order valence-electron chi connectivity index (χ4n) is 3.39. The molecule has 1 saturated heterocycles. The fourth-order valence-corrected chi connectivity index (χ4v) is 3.39. The summed E-state index contributed by atoms with van der Waals surface area (Å²) in [5.74, 6) is 0.602. The lowest BCUT2D eigenvalue weighted by Gasteiger charge is -2.25. The second kappa shape index (κ2) is 6.42. The van der Waals surface area contributed by atoms with Crippen molar-refractivity contribution in [1.82, 2.24) is 9.80 Å². The van der Waals surface area contributed by atoms with E-state index in [9.17, 15) is 0 Å². The zero-order chi connectivity index (χ0) is 14.7. The molecule has 0 aromatic heterocycles. The highest BCUT2D eigenvalue weighted by atomic mass is 15.2. The second-order valence-electron chi connectivity index (χ2n) is 6.23. The molecule has 110 valence electrons. The van der Waals surface area contributed by atoms with Crippen LogP contribution in [-0.4, -0.2) is 43.0 Å². The Morgan fingerprint density at radius 2 is 1.52 bits per heavy atom. The molecule has 2 atom stereocenters. The number of benzene rings is 2. The van der Waals surface area contributed by atoms with Gasteiger partial charge in [0.2, 0.25) is 0 Å². The first kappa shape index (κ1) is 14.3. The molecule has 0 saturated carbocycles. The Balaban J connectivity index is 1.75.